The molecule has 1 aliphatic heterocycles. The van der Waals surface area contributed by atoms with Crippen molar-refractivity contribution in [3.63, 3.8) is 0 Å². The van der Waals surface area contributed by atoms with Crippen LogP contribution in [0.2, 0.25) is 0 Å². The number of ether oxygens (including phenoxy) is 3. The molecule has 1 heterocycles. The van der Waals surface area contributed by atoms with Gasteiger partial charge in [0, 0.05) is 30.8 Å². The van der Waals surface area contributed by atoms with Gasteiger partial charge in [-0.05, 0) is 30.5 Å². The number of methoxy groups -OCH3 is 2. The van der Waals surface area contributed by atoms with Crippen molar-refractivity contribution in [1.82, 2.24) is 5.32 Å². The van der Waals surface area contributed by atoms with Crippen LogP contribution < -0.4 is 20.5 Å². The van der Waals surface area contributed by atoms with E-state index in [-0.39, 0.29) is 5.91 Å². The van der Waals surface area contributed by atoms with Gasteiger partial charge in [-0.2, -0.15) is 0 Å². The number of amides is 1. The van der Waals surface area contributed by atoms with Gasteiger partial charge in [0.15, 0.2) is 11.5 Å². The molecule has 1 aromatic carbocycles. The molecule has 0 radical (unpaired) electrons. The predicted octanol–water partition coefficient (Wildman–Crippen LogP) is 1.84. The van der Waals surface area contributed by atoms with Crippen molar-refractivity contribution in [2.24, 2.45) is 11.1 Å². The number of benzene rings is 1. The van der Waals surface area contributed by atoms with E-state index >= 15 is 0 Å². The molecule has 0 unspecified atom stereocenters. The number of hydrogen-bond acceptors (Lipinski definition) is 5. The average Bonchev–Trinajstić information content (AvgIpc) is 2.60. The zero-order chi connectivity index (χ0) is 16.9. The predicted molar refractivity (Wildman–Crippen MR) is 90.6 cm³/mol. The smallest absolute Gasteiger partial charge is 0.227 e. The normalized spacial score (nSPS) is 16.7. The SMILES string of the molecule is COc1cc(Br)c(CNC(=O)C2(CN)CCOCC2)cc1OC. The Morgan fingerprint density at radius 1 is 1.30 bits per heavy atom. The van der Waals surface area contributed by atoms with Gasteiger partial charge in [-0.1, -0.05) is 15.9 Å². The Hall–Kier alpha value is -1.31. The Morgan fingerprint density at radius 3 is 2.48 bits per heavy atom. The lowest BCUT2D eigenvalue weighted by atomic mass is 9.79. The first-order valence-electron chi connectivity index (χ1n) is 7.53. The molecule has 0 bridgehead atoms. The molecule has 0 aromatic heterocycles. The second-order valence-electron chi connectivity index (χ2n) is 5.58. The van der Waals surface area contributed by atoms with Crippen LogP contribution in [-0.2, 0) is 16.1 Å². The average molecular weight is 387 g/mol. The molecule has 0 saturated carbocycles. The Balaban J connectivity index is 2.09. The summed E-state index contributed by atoms with van der Waals surface area (Å²) in [5.74, 6) is 1.24. The highest BCUT2D eigenvalue weighted by Crippen LogP contribution is 2.34. The second-order valence-corrected chi connectivity index (χ2v) is 6.43. The molecule has 1 aliphatic rings. The van der Waals surface area contributed by atoms with E-state index in [1.54, 1.807) is 14.2 Å². The van der Waals surface area contributed by atoms with E-state index in [1.165, 1.54) is 0 Å². The Labute approximate surface area is 144 Å². The quantitative estimate of drug-likeness (QED) is 0.779. The molecule has 0 atom stereocenters. The zero-order valence-electron chi connectivity index (χ0n) is 13.5. The van der Waals surface area contributed by atoms with Crippen molar-refractivity contribution >= 4 is 21.8 Å². The van der Waals surface area contributed by atoms with Gasteiger partial charge >= 0.3 is 0 Å². The summed E-state index contributed by atoms with van der Waals surface area (Å²) in [6.07, 6.45) is 1.31. The number of nitrogens with one attached hydrogen (secondary N) is 1. The molecular formula is C16H23BrN2O4. The minimum atomic E-state index is -0.527. The van der Waals surface area contributed by atoms with Crippen LogP contribution in [0.3, 0.4) is 0 Å². The van der Waals surface area contributed by atoms with Crippen molar-refractivity contribution in [3.8, 4) is 11.5 Å². The van der Waals surface area contributed by atoms with E-state index in [2.05, 4.69) is 21.2 Å². The van der Waals surface area contributed by atoms with Crippen molar-refractivity contribution in [2.75, 3.05) is 34.0 Å². The highest BCUT2D eigenvalue weighted by Gasteiger charge is 2.38. The molecule has 23 heavy (non-hydrogen) atoms. The van der Waals surface area contributed by atoms with Gasteiger partial charge in [0.25, 0.3) is 0 Å². The summed E-state index contributed by atoms with van der Waals surface area (Å²) in [6.45, 7) is 1.87. The van der Waals surface area contributed by atoms with Crippen LogP contribution in [0.1, 0.15) is 18.4 Å². The van der Waals surface area contributed by atoms with Gasteiger partial charge < -0.3 is 25.3 Å². The summed E-state index contributed by atoms with van der Waals surface area (Å²) < 4.78 is 16.7. The molecule has 128 valence electrons. The Morgan fingerprint density at radius 2 is 1.91 bits per heavy atom. The van der Waals surface area contributed by atoms with Gasteiger partial charge in [0.05, 0.1) is 19.6 Å². The summed E-state index contributed by atoms with van der Waals surface area (Å²) in [5.41, 5.74) is 6.25. The number of carbonyl (C=O) groups excluding carboxylic acids is 1. The lowest BCUT2D eigenvalue weighted by Crippen LogP contribution is -2.49. The van der Waals surface area contributed by atoms with Crippen molar-refractivity contribution in [1.29, 1.82) is 0 Å². The summed E-state index contributed by atoms with van der Waals surface area (Å²) in [6, 6.07) is 3.68. The molecule has 1 fully saturated rings. The number of carbonyl (C=O) groups is 1. The lowest BCUT2D eigenvalue weighted by Gasteiger charge is -2.34. The highest BCUT2D eigenvalue weighted by molar-refractivity contribution is 9.10. The zero-order valence-corrected chi connectivity index (χ0v) is 15.1. The fraction of sp³-hybridized carbons (Fsp3) is 0.562. The summed E-state index contributed by atoms with van der Waals surface area (Å²) in [7, 11) is 3.17. The second kappa shape index (κ2) is 7.99. The monoisotopic (exact) mass is 386 g/mol. The minimum absolute atomic E-state index is 0.0232. The summed E-state index contributed by atoms with van der Waals surface area (Å²) in [5, 5.41) is 2.99. The van der Waals surface area contributed by atoms with E-state index in [1.807, 2.05) is 12.1 Å². The van der Waals surface area contributed by atoms with Gasteiger partial charge in [0.1, 0.15) is 0 Å². The molecule has 1 amide bonds. The van der Waals surface area contributed by atoms with Crippen LogP contribution >= 0.6 is 15.9 Å². The van der Waals surface area contributed by atoms with E-state index in [4.69, 9.17) is 19.9 Å². The molecule has 7 heteroatoms. The summed E-state index contributed by atoms with van der Waals surface area (Å²) >= 11 is 3.50. The van der Waals surface area contributed by atoms with Gasteiger partial charge in [-0.3, -0.25) is 4.79 Å². The standard InChI is InChI=1S/C16H23BrN2O4/c1-21-13-7-11(12(17)8-14(13)22-2)9-19-15(20)16(10-18)3-5-23-6-4-16/h7-8H,3-6,9-10,18H2,1-2H3,(H,19,20). The first-order valence-corrected chi connectivity index (χ1v) is 8.32. The molecular weight excluding hydrogens is 364 g/mol. The van der Waals surface area contributed by atoms with Crippen molar-refractivity contribution < 1.29 is 19.0 Å². The van der Waals surface area contributed by atoms with Crippen LogP contribution in [0.15, 0.2) is 16.6 Å². The lowest BCUT2D eigenvalue weighted by molar-refractivity contribution is -0.136. The fourth-order valence-corrected chi connectivity index (χ4v) is 3.14. The maximum Gasteiger partial charge on any atom is 0.227 e. The molecule has 6 nitrogen and oxygen atoms in total. The van der Waals surface area contributed by atoms with Gasteiger partial charge in [-0.25, -0.2) is 0 Å². The fourth-order valence-electron chi connectivity index (χ4n) is 2.68. The van der Waals surface area contributed by atoms with Gasteiger partial charge in [0.2, 0.25) is 5.91 Å². The van der Waals surface area contributed by atoms with Crippen LogP contribution in [0, 0.1) is 5.41 Å². The topological polar surface area (TPSA) is 82.8 Å². The first kappa shape index (κ1) is 18.0. The highest BCUT2D eigenvalue weighted by atomic mass is 79.9. The molecule has 0 spiro atoms. The van der Waals surface area contributed by atoms with Crippen LogP contribution in [0.4, 0.5) is 0 Å². The van der Waals surface area contributed by atoms with E-state index in [0.29, 0.717) is 50.6 Å². The number of halogens is 1. The molecule has 1 aromatic rings. The Bertz CT molecular complexity index is 559. The van der Waals surface area contributed by atoms with Gasteiger partial charge in [-0.15, -0.1) is 0 Å². The summed E-state index contributed by atoms with van der Waals surface area (Å²) in [4.78, 5) is 12.6. The maximum absolute atomic E-state index is 12.6. The third-order valence-electron chi connectivity index (χ3n) is 4.31. The largest absolute Gasteiger partial charge is 0.493 e. The number of hydrogen-bond donors (Lipinski definition) is 2. The number of nitrogens with two attached hydrogens (primary N) is 1. The first-order chi connectivity index (χ1) is 11.1. The maximum atomic E-state index is 12.6. The van der Waals surface area contributed by atoms with Crippen LogP contribution in [0.5, 0.6) is 11.5 Å². The van der Waals surface area contributed by atoms with E-state index in [9.17, 15) is 4.79 Å². The third-order valence-corrected chi connectivity index (χ3v) is 5.05. The van der Waals surface area contributed by atoms with Crippen LogP contribution in [-0.4, -0.2) is 39.9 Å². The van der Waals surface area contributed by atoms with Crippen molar-refractivity contribution in [2.45, 2.75) is 19.4 Å². The minimum Gasteiger partial charge on any atom is -0.493 e. The molecule has 2 rings (SSSR count). The van der Waals surface area contributed by atoms with Crippen LogP contribution in [0.25, 0.3) is 0 Å². The van der Waals surface area contributed by atoms with Crippen molar-refractivity contribution in [3.05, 3.63) is 22.2 Å². The molecule has 3 N–H and O–H groups in total. The van der Waals surface area contributed by atoms with E-state index in [0.717, 1.165) is 10.0 Å². The third kappa shape index (κ3) is 3.97. The van der Waals surface area contributed by atoms with E-state index < -0.39 is 5.41 Å². The molecule has 1 saturated heterocycles. The molecule has 0 aliphatic carbocycles. The Kier molecular flexibility index (Phi) is 6.26. The number of rotatable bonds is 6.